The van der Waals surface area contributed by atoms with Gasteiger partial charge in [0.25, 0.3) is 0 Å². The second-order valence-electron chi connectivity index (χ2n) is 5.08. The fraction of sp³-hybridized carbons (Fsp3) is 0.692. The number of nitrogens with zero attached hydrogens (tertiary/aromatic N) is 1. The van der Waals surface area contributed by atoms with E-state index in [1.165, 1.54) is 0 Å². The highest BCUT2D eigenvalue weighted by atomic mass is 32.1. The van der Waals surface area contributed by atoms with E-state index in [2.05, 4.69) is 10.3 Å². The van der Waals surface area contributed by atoms with Crippen molar-refractivity contribution in [3.63, 3.8) is 0 Å². The van der Waals surface area contributed by atoms with E-state index in [-0.39, 0.29) is 29.3 Å². The third-order valence-corrected chi connectivity index (χ3v) is 4.49. The van der Waals surface area contributed by atoms with Crippen LogP contribution in [0.5, 0.6) is 0 Å². The molecule has 4 nitrogen and oxygen atoms in total. The second-order valence-corrected chi connectivity index (χ2v) is 6.02. The molecule has 8 heteroatoms. The maximum atomic E-state index is 12.4. The first-order valence-electron chi connectivity index (χ1n) is 6.75. The molecule has 1 saturated heterocycles. The molecular weight excluding hydrogens is 305 g/mol. The van der Waals surface area contributed by atoms with Crippen molar-refractivity contribution in [3.8, 4) is 0 Å². The molecule has 1 aromatic rings. The molecule has 0 bridgehead atoms. The van der Waals surface area contributed by atoms with Gasteiger partial charge in [-0.05, 0) is 18.8 Å². The van der Waals surface area contributed by atoms with Gasteiger partial charge in [-0.2, -0.15) is 13.2 Å². The van der Waals surface area contributed by atoms with Gasteiger partial charge in [-0.1, -0.05) is 6.92 Å². The monoisotopic (exact) mass is 322 g/mol. The molecule has 0 spiro atoms. The number of carbonyl (C=O) groups is 1. The van der Waals surface area contributed by atoms with Gasteiger partial charge in [0.2, 0.25) is 5.91 Å². The number of ether oxygens (including phenoxy) is 1. The first-order valence-corrected chi connectivity index (χ1v) is 7.63. The molecule has 1 atom stereocenters. The van der Waals surface area contributed by atoms with E-state index in [4.69, 9.17) is 4.74 Å². The zero-order valence-corrected chi connectivity index (χ0v) is 12.4. The van der Waals surface area contributed by atoms with Crippen LogP contribution in [-0.2, 0) is 22.3 Å². The van der Waals surface area contributed by atoms with E-state index in [0.29, 0.717) is 13.2 Å². The summed E-state index contributed by atoms with van der Waals surface area (Å²) in [5.41, 5.74) is -0.908. The van der Waals surface area contributed by atoms with E-state index in [0.717, 1.165) is 29.6 Å². The SMILES string of the molecule is C[C@@H](C(=O)NCc1nc(C(F)(F)F)cs1)C1CCOCC1. The summed E-state index contributed by atoms with van der Waals surface area (Å²) in [5.74, 6) is -0.0533. The van der Waals surface area contributed by atoms with Gasteiger partial charge in [0.1, 0.15) is 5.01 Å². The van der Waals surface area contributed by atoms with Crippen molar-refractivity contribution in [2.45, 2.75) is 32.5 Å². The third-order valence-electron chi connectivity index (χ3n) is 3.64. The van der Waals surface area contributed by atoms with E-state index in [1.54, 1.807) is 0 Å². The van der Waals surface area contributed by atoms with Crippen LogP contribution in [0, 0.1) is 11.8 Å². The summed E-state index contributed by atoms with van der Waals surface area (Å²) in [6.07, 6.45) is -2.76. The Morgan fingerprint density at radius 2 is 2.19 bits per heavy atom. The van der Waals surface area contributed by atoms with Crippen LogP contribution < -0.4 is 5.32 Å². The molecule has 1 N–H and O–H groups in total. The number of carbonyl (C=O) groups excluding carboxylic acids is 1. The fourth-order valence-electron chi connectivity index (χ4n) is 2.28. The Labute approximate surface area is 124 Å². The van der Waals surface area contributed by atoms with Gasteiger partial charge in [-0.25, -0.2) is 4.98 Å². The van der Waals surface area contributed by atoms with Crippen LogP contribution >= 0.6 is 11.3 Å². The molecule has 0 aliphatic carbocycles. The molecule has 0 aromatic carbocycles. The highest BCUT2D eigenvalue weighted by Crippen LogP contribution is 2.30. The molecule has 0 saturated carbocycles. The average molecular weight is 322 g/mol. The lowest BCUT2D eigenvalue weighted by Gasteiger charge is -2.26. The lowest BCUT2D eigenvalue weighted by Crippen LogP contribution is -2.35. The summed E-state index contributed by atoms with van der Waals surface area (Å²) < 4.78 is 42.5. The first-order chi connectivity index (χ1) is 9.88. The summed E-state index contributed by atoms with van der Waals surface area (Å²) in [7, 11) is 0. The fourth-order valence-corrected chi connectivity index (χ4v) is 3.02. The van der Waals surface area contributed by atoms with Crippen LogP contribution in [0.1, 0.15) is 30.5 Å². The molecule has 1 aliphatic rings. The van der Waals surface area contributed by atoms with Gasteiger partial charge in [0, 0.05) is 24.5 Å². The number of alkyl halides is 3. The minimum Gasteiger partial charge on any atom is -0.381 e. The quantitative estimate of drug-likeness (QED) is 0.927. The molecular formula is C13H17F3N2O2S. The second kappa shape index (κ2) is 6.74. The predicted octanol–water partition coefficient (Wildman–Crippen LogP) is 2.84. The van der Waals surface area contributed by atoms with E-state index < -0.39 is 11.9 Å². The van der Waals surface area contributed by atoms with Crippen LogP contribution in [0.15, 0.2) is 5.38 Å². The maximum Gasteiger partial charge on any atom is 0.434 e. The van der Waals surface area contributed by atoms with Gasteiger partial charge in [0.05, 0.1) is 6.54 Å². The minimum atomic E-state index is -4.44. The smallest absolute Gasteiger partial charge is 0.381 e. The van der Waals surface area contributed by atoms with E-state index in [9.17, 15) is 18.0 Å². The largest absolute Gasteiger partial charge is 0.434 e. The number of thiazole rings is 1. The molecule has 118 valence electrons. The third kappa shape index (κ3) is 4.41. The zero-order chi connectivity index (χ0) is 15.5. The van der Waals surface area contributed by atoms with Crippen LogP contribution in [0.3, 0.4) is 0 Å². The average Bonchev–Trinajstić information content (AvgIpc) is 2.94. The Bertz CT molecular complexity index is 484. The van der Waals surface area contributed by atoms with E-state index >= 15 is 0 Å². The van der Waals surface area contributed by atoms with Gasteiger partial charge in [-0.15, -0.1) is 11.3 Å². The predicted molar refractivity (Wildman–Crippen MR) is 71.7 cm³/mol. The summed E-state index contributed by atoms with van der Waals surface area (Å²) in [6.45, 7) is 3.19. The Balaban J connectivity index is 1.84. The first kappa shape index (κ1) is 16.2. The number of halogens is 3. The van der Waals surface area contributed by atoms with Crippen molar-refractivity contribution in [3.05, 3.63) is 16.1 Å². The molecule has 1 aromatic heterocycles. The molecule has 21 heavy (non-hydrogen) atoms. The number of aromatic nitrogens is 1. The van der Waals surface area contributed by atoms with Crippen LogP contribution in [0.2, 0.25) is 0 Å². The van der Waals surface area contributed by atoms with Crippen LogP contribution in [0.25, 0.3) is 0 Å². The van der Waals surface area contributed by atoms with Crippen molar-refractivity contribution in [2.24, 2.45) is 11.8 Å². The number of amides is 1. The number of hydrogen-bond donors (Lipinski definition) is 1. The molecule has 0 unspecified atom stereocenters. The summed E-state index contributed by atoms with van der Waals surface area (Å²) in [4.78, 5) is 15.5. The molecule has 2 rings (SSSR count). The summed E-state index contributed by atoms with van der Waals surface area (Å²) in [5, 5.41) is 3.88. The van der Waals surface area contributed by atoms with Crippen LogP contribution in [-0.4, -0.2) is 24.1 Å². The topological polar surface area (TPSA) is 51.2 Å². The number of nitrogens with one attached hydrogen (secondary N) is 1. The normalized spacial score (nSPS) is 18.5. The molecule has 1 fully saturated rings. The zero-order valence-electron chi connectivity index (χ0n) is 11.6. The van der Waals surface area contributed by atoms with Crippen molar-refractivity contribution < 1.29 is 22.7 Å². The maximum absolute atomic E-state index is 12.4. The number of hydrogen-bond acceptors (Lipinski definition) is 4. The molecule has 1 aliphatic heterocycles. The lowest BCUT2D eigenvalue weighted by molar-refractivity contribution is -0.140. The van der Waals surface area contributed by atoms with E-state index in [1.807, 2.05) is 6.92 Å². The van der Waals surface area contributed by atoms with Gasteiger partial charge in [0.15, 0.2) is 5.69 Å². The molecule has 2 heterocycles. The molecule has 1 amide bonds. The van der Waals surface area contributed by atoms with Crippen molar-refractivity contribution in [2.75, 3.05) is 13.2 Å². The Morgan fingerprint density at radius 1 is 1.52 bits per heavy atom. The van der Waals surface area contributed by atoms with Crippen molar-refractivity contribution >= 4 is 17.2 Å². The minimum absolute atomic E-state index is 0.0349. The highest BCUT2D eigenvalue weighted by molar-refractivity contribution is 7.09. The van der Waals surface area contributed by atoms with Gasteiger partial charge < -0.3 is 10.1 Å². The highest BCUT2D eigenvalue weighted by Gasteiger charge is 2.33. The van der Waals surface area contributed by atoms with Crippen LogP contribution in [0.4, 0.5) is 13.2 Å². The Kier molecular flexibility index (Phi) is 5.21. The van der Waals surface area contributed by atoms with Crippen molar-refractivity contribution in [1.82, 2.24) is 10.3 Å². The van der Waals surface area contributed by atoms with Gasteiger partial charge in [-0.3, -0.25) is 4.79 Å². The molecule has 0 radical (unpaired) electrons. The Hall–Kier alpha value is -1.15. The summed E-state index contributed by atoms with van der Waals surface area (Å²) in [6, 6.07) is 0. The Morgan fingerprint density at radius 3 is 2.76 bits per heavy atom. The van der Waals surface area contributed by atoms with Crippen molar-refractivity contribution in [1.29, 1.82) is 0 Å². The van der Waals surface area contributed by atoms with Gasteiger partial charge >= 0.3 is 6.18 Å². The summed E-state index contributed by atoms with van der Waals surface area (Å²) >= 11 is 0.900. The lowest BCUT2D eigenvalue weighted by atomic mass is 9.87. The number of rotatable bonds is 4. The standard InChI is InChI=1S/C13H17F3N2O2S/c1-8(9-2-4-20-5-3-9)12(19)17-6-11-18-10(7-21-11)13(14,15)16/h7-9H,2-6H2,1H3,(H,17,19)/t8-/m1/s1.